The van der Waals surface area contributed by atoms with Gasteiger partial charge in [0.25, 0.3) is 10.0 Å². The minimum Gasteiger partial charge on any atom is -0.495 e. The van der Waals surface area contributed by atoms with E-state index in [-0.39, 0.29) is 22.0 Å². The molecule has 0 heterocycles. The van der Waals surface area contributed by atoms with Crippen LogP contribution in [0.1, 0.15) is 0 Å². The summed E-state index contributed by atoms with van der Waals surface area (Å²) in [5, 5.41) is 0.326. The summed E-state index contributed by atoms with van der Waals surface area (Å²) >= 11 is 5.83. The number of methoxy groups -OCH3 is 1. The van der Waals surface area contributed by atoms with Crippen LogP contribution in [-0.4, -0.2) is 15.5 Å². The van der Waals surface area contributed by atoms with Crippen LogP contribution in [0, 0.1) is 5.82 Å². The summed E-state index contributed by atoms with van der Waals surface area (Å²) in [6, 6.07) is 7.51. The second-order valence-electron chi connectivity index (χ2n) is 4.17. The number of nitrogen functional groups attached to an aromatic ring is 1. The first kappa shape index (κ1) is 15.4. The molecule has 0 spiro atoms. The number of halogens is 2. The highest BCUT2D eigenvalue weighted by Gasteiger charge is 2.18. The molecule has 5 nitrogen and oxygen atoms in total. The van der Waals surface area contributed by atoms with Crippen molar-refractivity contribution >= 4 is 33.0 Å². The van der Waals surface area contributed by atoms with E-state index in [0.717, 1.165) is 18.2 Å². The minimum absolute atomic E-state index is 0.00781. The van der Waals surface area contributed by atoms with Crippen molar-refractivity contribution in [3.63, 3.8) is 0 Å². The summed E-state index contributed by atoms with van der Waals surface area (Å²) in [6.45, 7) is 0. The van der Waals surface area contributed by atoms with Gasteiger partial charge in [0, 0.05) is 10.7 Å². The van der Waals surface area contributed by atoms with Crippen LogP contribution < -0.4 is 15.2 Å². The molecule has 0 fully saturated rings. The van der Waals surface area contributed by atoms with E-state index >= 15 is 0 Å². The summed E-state index contributed by atoms with van der Waals surface area (Å²) in [4.78, 5) is -0.290. The van der Waals surface area contributed by atoms with Crippen molar-refractivity contribution in [1.82, 2.24) is 0 Å². The third-order valence-corrected chi connectivity index (χ3v) is 4.19. The van der Waals surface area contributed by atoms with Gasteiger partial charge in [-0.25, -0.2) is 12.8 Å². The Morgan fingerprint density at radius 3 is 2.57 bits per heavy atom. The molecule has 2 rings (SSSR count). The lowest BCUT2D eigenvalue weighted by molar-refractivity contribution is 0.417. The first-order valence-electron chi connectivity index (χ1n) is 5.74. The molecule has 0 aromatic heterocycles. The molecule has 2 aromatic rings. The molecule has 0 radical (unpaired) electrons. The van der Waals surface area contributed by atoms with Crippen LogP contribution in [-0.2, 0) is 10.0 Å². The fraction of sp³-hybridized carbons (Fsp3) is 0.0769. The number of benzene rings is 2. The van der Waals surface area contributed by atoms with Crippen LogP contribution in [0.2, 0.25) is 5.02 Å². The van der Waals surface area contributed by atoms with Gasteiger partial charge in [-0.05, 0) is 36.4 Å². The Bertz CT molecular complexity index is 761. The topological polar surface area (TPSA) is 81.4 Å². The highest BCUT2D eigenvalue weighted by Crippen LogP contribution is 2.30. The van der Waals surface area contributed by atoms with Gasteiger partial charge < -0.3 is 10.5 Å². The molecule has 0 bridgehead atoms. The number of sulfonamides is 1. The fourth-order valence-corrected chi connectivity index (χ4v) is 3.00. The smallest absolute Gasteiger partial charge is 0.262 e. The highest BCUT2D eigenvalue weighted by atomic mass is 35.5. The maximum atomic E-state index is 13.3. The Morgan fingerprint density at radius 1 is 1.24 bits per heavy atom. The molecule has 0 aliphatic rings. The summed E-state index contributed by atoms with van der Waals surface area (Å²) in [5.41, 5.74) is 5.61. The van der Waals surface area contributed by atoms with Crippen molar-refractivity contribution in [3.8, 4) is 5.75 Å². The SMILES string of the molecule is COc1ccc(Cl)cc1NS(=O)(=O)c1cc(N)cc(F)c1. The Kier molecular flexibility index (Phi) is 4.24. The number of rotatable bonds is 4. The molecule has 21 heavy (non-hydrogen) atoms. The number of ether oxygens (including phenoxy) is 1. The van der Waals surface area contributed by atoms with E-state index in [9.17, 15) is 12.8 Å². The molecule has 2 aromatic carbocycles. The largest absolute Gasteiger partial charge is 0.495 e. The summed E-state index contributed by atoms with van der Waals surface area (Å²) in [7, 11) is -2.63. The Balaban J connectivity index is 2.44. The van der Waals surface area contributed by atoms with E-state index in [1.807, 2.05) is 0 Å². The van der Waals surface area contributed by atoms with Gasteiger partial charge in [-0.2, -0.15) is 0 Å². The van der Waals surface area contributed by atoms with Crippen molar-refractivity contribution in [2.45, 2.75) is 4.90 Å². The van der Waals surface area contributed by atoms with Crippen molar-refractivity contribution in [3.05, 3.63) is 47.2 Å². The highest BCUT2D eigenvalue weighted by molar-refractivity contribution is 7.92. The predicted octanol–water partition coefficient (Wildman–Crippen LogP) is 2.87. The zero-order valence-corrected chi connectivity index (χ0v) is 12.5. The van der Waals surface area contributed by atoms with Gasteiger partial charge in [0.1, 0.15) is 11.6 Å². The van der Waals surface area contributed by atoms with Gasteiger partial charge in [0.15, 0.2) is 0 Å². The zero-order chi connectivity index (χ0) is 15.6. The van der Waals surface area contributed by atoms with Crippen molar-refractivity contribution in [2.24, 2.45) is 0 Å². The third kappa shape index (κ3) is 3.56. The normalized spacial score (nSPS) is 11.2. The average molecular weight is 331 g/mol. The Morgan fingerprint density at radius 2 is 1.95 bits per heavy atom. The van der Waals surface area contributed by atoms with Crippen LogP contribution in [0.3, 0.4) is 0 Å². The lowest BCUT2D eigenvalue weighted by atomic mass is 10.3. The van der Waals surface area contributed by atoms with E-state index in [2.05, 4.69) is 4.72 Å². The van der Waals surface area contributed by atoms with Gasteiger partial charge >= 0.3 is 0 Å². The van der Waals surface area contributed by atoms with Gasteiger partial charge in [-0.3, -0.25) is 4.72 Å². The third-order valence-electron chi connectivity index (χ3n) is 2.61. The number of anilines is 2. The molecule has 0 atom stereocenters. The van der Waals surface area contributed by atoms with E-state index in [1.54, 1.807) is 6.07 Å². The molecule has 8 heteroatoms. The predicted molar refractivity (Wildman–Crippen MR) is 79.6 cm³/mol. The molecular weight excluding hydrogens is 319 g/mol. The monoisotopic (exact) mass is 330 g/mol. The lowest BCUT2D eigenvalue weighted by Gasteiger charge is -2.12. The lowest BCUT2D eigenvalue weighted by Crippen LogP contribution is -2.14. The molecule has 3 N–H and O–H groups in total. The Hall–Kier alpha value is -1.99. The van der Waals surface area contributed by atoms with Crippen molar-refractivity contribution < 1.29 is 17.5 Å². The molecule has 0 unspecified atom stereocenters. The molecule has 0 saturated heterocycles. The molecular formula is C13H12ClFN2O3S. The van der Waals surface area contributed by atoms with Gasteiger partial charge in [-0.15, -0.1) is 0 Å². The molecule has 0 amide bonds. The second-order valence-corrected chi connectivity index (χ2v) is 6.29. The van der Waals surface area contributed by atoms with Crippen LogP contribution in [0.25, 0.3) is 0 Å². The van der Waals surface area contributed by atoms with Crippen LogP contribution in [0.5, 0.6) is 5.75 Å². The van der Waals surface area contributed by atoms with E-state index < -0.39 is 15.8 Å². The molecule has 112 valence electrons. The quantitative estimate of drug-likeness (QED) is 0.845. The molecule has 0 aliphatic carbocycles. The van der Waals surface area contributed by atoms with E-state index in [1.165, 1.54) is 19.2 Å². The summed E-state index contributed by atoms with van der Waals surface area (Å²) in [6.07, 6.45) is 0. The number of hydrogen-bond acceptors (Lipinski definition) is 4. The standard InChI is InChI=1S/C13H12ClFN2O3S/c1-20-13-3-2-8(14)4-12(13)17-21(18,19)11-6-9(15)5-10(16)7-11/h2-7,17H,16H2,1H3. The maximum absolute atomic E-state index is 13.3. The number of nitrogens with two attached hydrogens (primary N) is 1. The zero-order valence-electron chi connectivity index (χ0n) is 10.9. The second kappa shape index (κ2) is 5.79. The van der Waals surface area contributed by atoms with Crippen molar-refractivity contribution in [2.75, 3.05) is 17.6 Å². The summed E-state index contributed by atoms with van der Waals surface area (Å²) in [5.74, 6) is -0.458. The first-order valence-corrected chi connectivity index (χ1v) is 7.60. The summed E-state index contributed by atoms with van der Waals surface area (Å²) < 4.78 is 45.1. The first-order chi connectivity index (χ1) is 9.81. The van der Waals surface area contributed by atoms with Gasteiger partial charge in [-0.1, -0.05) is 11.6 Å². The van der Waals surface area contributed by atoms with Crippen LogP contribution >= 0.6 is 11.6 Å². The molecule has 0 aliphatic heterocycles. The number of hydrogen-bond donors (Lipinski definition) is 2. The van der Waals surface area contributed by atoms with E-state index in [0.29, 0.717) is 5.02 Å². The number of nitrogens with one attached hydrogen (secondary N) is 1. The van der Waals surface area contributed by atoms with Gasteiger partial charge in [0.2, 0.25) is 0 Å². The maximum Gasteiger partial charge on any atom is 0.262 e. The van der Waals surface area contributed by atoms with Crippen LogP contribution in [0.15, 0.2) is 41.3 Å². The van der Waals surface area contributed by atoms with E-state index in [4.69, 9.17) is 22.1 Å². The molecule has 0 saturated carbocycles. The average Bonchev–Trinajstić information content (AvgIpc) is 2.37. The van der Waals surface area contributed by atoms with Crippen molar-refractivity contribution in [1.29, 1.82) is 0 Å². The minimum atomic E-state index is -4.02. The Labute approximate surface area is 126 Å². The van der Waals surface area contributed by atoms with Gasteiger partial charge in [0.05, 0.1) is 17.7 Å². The van der Waals surface area contributed by atoms with Crippen LogP contribution in [0.4, 0.5) is 15.8 Å². The fourth-order valence-electron chi connectivity index (χ4n) is 1.70.